The molecule has 1 aliphatic heterocycles. The second-order valence-corrected chi connectivity index (χ2v) is 7.15. The van der Waals surface area contributed by atoms with Gasteiger partial charge in [-0.2, -0.15) is 5.10 Å². The Morgan fingerprint density at radius 1 is 1.32 bits per heavy atom. The van der Waals surface area contributed by atoms with Crippen LogP contribution in [0.3, 0.4) is 0 Å². The maximum atomic E-state index is 13.0. The highest BCUT2D eigenvalue weighted by Gasteiger charge is 2.28. The molecule has 0 radical (unpaired) electrons. The minimum atomic E-state index is 0.0477. The van der Waals surface area contributed by atoms with Crippen LogP contribution in [0.1, 0.15) is 48.7 Å². The van der Waals surface area contributed by atoms with Crippen LogP contribution in [0.4, 0.5) is 0 Å². The third kappa shape index (κ3) is 3.72. The number of hydrogen-bond donors (Lipinski definition) is 0. The molecule has 1 amide bonds. The van der Waals surface area contributed by atoms with Crippen LogP contribution < -0.4 is 0 Å². The molecule has 0 unspecified atom stereocenters. The van der Waals surface area contributed by atoms with Crippen LogP contribution in [0.15, 0.2) is 30.5 Å². The van der Waals surface area contributed by atoms with Gasteiger partial charge >= 0.3 is 0 Å². The van der Waals surface area contributed by atoms with Crippen molar-refractivity contribution in [3.63, 3.8) is 0 Å². The van der Waals surface area contributed by atoms with Gasteiger partial charge in [-0.25, -0.2) is 4.68 Å². The molecule has 1 aromatic carbocycles. The first-order valence-electron chi connectivity index (χ1n) is 8.67. The van der Waals surface area contributed by atoms with Gasteiger partial charge in [0.2, 0.25) is 0 Å². The molecule has 0 atom stereocenters. The lowest BCUT2D eigenvalue weighted by molar-refractivity contribution is 0.0350. The van der Waals surface area contributed by atoms with Crippen molar-refractivity contribution in [2.75, 3.05) is 20.2 Å². The molecule has 1 fully saturated rings. The Morgan fingerprint density at radius 2 is 2.04 bits per heavy atom. The van der Waals surface area contributed by atoms with Crippen molar-refractivity contribution in [2.24, 2.45) is 0 Å². The molecule has 1 aliphatic rings. The highest BCUT2D eigenvalue weighted by Crippen LogP contribution is 2.26. The number of halogens is 1. The zero-order valence-corrected chi connectivity index (χ0v) is 15.7. The van der Waals surface area contributed by atoms with E-state index in [1.807, 2.05) is 33.8 Å². The second kappa shape index (κ2) is 7.58. The predicted molar refractivity (Wildman–Crippen MR) is 98.6 cm³/mol. The Balaban J connectivity index is 1.91. The topological polar surface area (TPSA) is 47.4 Å². The van der Waals surface area contributed by atoms with Gasteiger partial charge in [-0.15, -0.1) is 0 Å². The van der Waals surface area contributed by atoms with E-state index in [4.69, 9.17) is 16.3 Å². The minimum absolute atomic E-state index is 0.0477. The predicted octanol–water partition coefficient (Wildman–Crippen LogP) is 3.90. The first-order valence-corrected chi connectivity index (χ1v) is 9.05. The second-order valence-electron chi connectivity index (χ2n) is 6.72. The van der Waals surface area contributed by atoms with Crippen LogP contribution in [0.2, 0.25) is 5.02 Å². The lowest BCUT2D eigenvalue weighted by Gasteiger charge is -2.31. The van der Waals surface area contributed by atoms with Crippen LogP contribution in [-0.4, -0.2) is 46.9 Å². The van der Waals surface area contributed by atoms with Crippen LogP contribution in [-0.2, 0) is 4.74 Å². The normalized spacial score (nSPS) is 15.8. The van der Waals surface area contributed by atoms with Crippen LogP contribution in [0.5, 0.6) is 0 Å². The largest absolute Gasteiger partial charge is 0.381 e. The van der Waals surface area contributed by atoms with E-state index in [-0.39, 0.29) is 17.9 Å². The first-order chi connectivity index (χ1) is 12.0. The van der Waals surface area contributed by atoms with E-state index >= 15 is 0 Å². The summed E-state index contributed by atoms with van der Waals surface area (Å²) in [7, 11) is 1.73. The number of carbonyl (C=O) groups is 1. The molecule has 1 aromatic heterocycles. The summed E-state index contributed by atoms with van der Waals surface area (Å²) in [6.45, 7) is 5.59. The van der Waals surface area contributed by atoms with Crippen LogP contribution in [0.25, 0.3) is 5.69 Å². The molecule has 0 spiro atoms. The number of aromatic nitrogens is 2. The molecule has 0 N–H and O–H groups in total. The van der Waals surface area contributed by atoms with Gasteiger partial charge in [0.1, 0.15) is 0 Å². The molecule has 3 rings (SSSR count). The number of rotatable bonds is 4. The molecule has 0 bridgehead atoms. The number of carbonyl (C=O) groups excluding carboxylic acids is 1. The van der Waals surface area contributed by atoms with Gasteiger partial charge in [0.15, 0.2) is 0 Å². The fourth-order valence-corrected chi connectivity index (χ4v) is 3.54. The molecule has 2 heterocycles. The Labute approximate surface area is 153 Å². The number of piperidine rings is 1. The summed E-state index contributed by atoms with van der Waals surface area (Å²) in [4.78, 5) is 14.9. The molecule has 2 aromatic rings. The Kier molecular flexibility index (Phi) is 5.45. The van der Waals surface area contributed by atoms with Crippen molar-refractivity contribution in [1.82, 2.24) is 14.7 Å². The maximum absolute atomic E-state index is 13.0. The van der Waals surface area contributed by atoms with Crippen molar-refractivity contribution < 1.29 is 9.53 Å². The lowest BCUT2D eigenvalue weighted by atomic mass is 10.0. The van der Waals surface area contributed by atoms with Crippen molar-refractivity contribution in [3.8, 4) is 5.69 Å². The lowest BCUT2D eigenvalue weighted by Crippen LogP contribution is -2.40. The Hall–Kier alpha value is -1.85. The molecule has 6 heteroatoms. The van der Waals surface area contributed by atoms with Crippen molar-refractivity contribution >= 4 is 17.5 Å². The number of amides is 1. The number of nitrogens with zero attached hydrogens (tertiary/aromatic N) is 3. The molecule has 0 aliphatic carbocycles. The molecular weight excluding hydrogens is 338 g/mol. The van der Waals surface area contributed by atoms with Gasteiger partial charge in [0.05, 0.1) is 29.2 Å². The van der Waals surface area contributed by atoms with Gasteiger partial charge in [-0.3, -0.25) is 4.79 Å². The summed E-state index contributed by atoms with van der Waals surface area (Å²) < 4.78 is 7.22. The average Bonchev–Trinajstić information content (AvgIpc) is 3.06. The van der Waals surface area contributed by atoms with Crippen molar-refractivity contribution in [2.45, 2.75) is 38.7 Å². The van der Waals surface area contributed by atoms with Crippen LogP contribution in [0, 0.1) is 0 Å². The van der Waals surface area contributed by atoms with E-state index in [2.05, 4.69) is 18.9 Å². The van der Waals surface area contributed by atoms with Crippen molar-refractivity contribution in [3.05, 3.63) is 46.7 Å². The Bertz CT molecular complexity index is 749. The third-order valence-corrected chi connectivity index (χ3v) is 4.93. The standard InChI is InChI=1S/C19H24ClN3O2/c1-13(2)18-17(19(24)22-9-7-16(25-3)8-10-22)12-21-23(18)15-6-4-5-14(20)11-15/h4-6,11-13,16H,7-10H2,1-3H3. The highest BCUT2D eigenvalue weighted by atomic mass is 35.5. The quantitative estimate of drug-likeness (QED) is 0.829. The number of methoxy groups -OCH3 is 1. The molecule has 134 valence electrons. The monoisotopic (exact) mass is 361 g/mol. The summed E-state index contributed by atoms with van der Waals surface area (Å²) in [6.07, 6.45) is 3.69. The zero-order chi connectivity index (χ0) is 18.0. The highest BCUT2D eigenvalue weighted by molar-refractivity contribution is 6.30. The number of benzene rings is 1. The summed E-state index contributed by atoms with van der Waals surface area (Å²) in [5.41, 5.74) is 2.46. The van der Waals surface area contributed by atoms with Gasteiger partial charge < -0.3 is 9.64 Å². The summed E-state index contributed by atoms with van der Waals surface area (Å²) in [5, 5.41) is 5.13. The maximum Gasteiger partial charge on any atom is 0.257 e. The van der Waals surface area contributed by atoms with E-state index in [1.54, 1.807) is 13.3 Å². The minimum Gasteiger partial charge on any atom is -0.381 e. The van der Waals surface area contributed by atoms with Crippen molar-refractivity contribution in [1.29, 1.82) is 0 Å². The fourth-order valence-electron chi connectivity index (χ4n) is 3.36. The first kappa shape index (κ1) is 18.0. The summed E-state index contributed by atoms with van der Waals surface area (Å²) in [6, 6.07) is 7.53. The molecular formula is C19H24ClN3O2. The smallest absolute Gasteiger partial charge is 0.257 e. The molecule has 5 nitrogen and oxygen atoms in total. The molecule has 25 heavy (non-hydrogen) atoms. The number of hydrogen-bond acceptors (Lipinski definition) is 3. The number of ether oxygens (including phenoxy) is 1. The van der Waals surface area contributed by atoms with Gasteiger partial charge in [-0.1, -0.05) is 31.5 Å². The van der Waals surface area contributed by atoms with E-state index in [9.17, 15) is 4.79 Å². The van der Waals surface area contributed by atoms with Gasteiger partial charge in [0, 0.05) is 25.2 Å². The number of likely N-dealkylation sites (tertiary alicyclic amines) is 1. The third-order valence-electron chi connectivity index (χ3n) is 4.70. The van der Waals surface area contributed by atoms with E-state index in [1.165, 1.54) is 0 Å². The van der Waals surface area contributed by atoms with E-state index in [0.717, 1.165) is 37.3 Å². The zero-order valence-electron chi connectivity index (χ0n) is 14.9. The average molecular weight is 362 g/mol. The van der Waals surface area contributed by atoms with E-state index < -0.39 is 0 Å². The molecule has 0 saturated carbocycles. The van der Waals surface area contributed by atoms with Crippen LogP contribution >= 0.6 is 11.6 Å². The van der Waals surface area contributed by atoms with E-state index in [0.29, 0.717) is 10.6 Å². The SMILES string of the molecule is COC1CCN(C(=O)c2cnn(-c3cccc(Cl)c3)c2C(C)C)CC1. The fraction of sp³-hybridized carbons (Fsp3) is 0.474. The summed E-state index contributed by atoms with van der Waals surface area (Å²) in [5.74, 6) is 0.212. The molecule has 1 saturated heterocycles. The summed E-state index contributed by atoms with van der Waals surface area (Å²) >= 11 is 6.12. The Morgan fingerprint density at radius 3 is 2.64 bits per heavy atom. The van der Waals surface area contributed by atoms with Gasteiger partial charge in [0.25, 0.3) is 5.91 Å². The van der Waals surface area contributed by atoms with Gasteiger partial charge in [-0.05, 0) is 37.0 Å².